The molecule has 3 amide bonds. The number of rotatable bonds is 5. The molecule has 1 fully saturated rings. The van der Waals surface area contributed by atoms with Gasteiger partial charge in [0.05, 0.1) is 10.5 Å². The molecule has 2 rings (SSSR count). The van der Waals surface area contributed by atoms with Gasteiger partial charge in [0, 0.05) is 20.1 Å². The smallest absolute Gasteiger partial charge is 0.338 e. The molecule has 0 bridgehead atoms. The first-order chi connectivity index (χ1) is 13.1. The van der Waals surface area contributed by atoms with Gasteiger partial charge in [0.1, 0.15) is 0 Å². The van der Waals surface area contributed by atoms with Gasteiger partial charge in [-0.05, 0) is 42.5 Å². The van der Waals surface area contributed by atoms with Gasteiger partial charge in [-0.15, -0.1) is 0 Å². The van der Waals surface area contributed by atoms with Crippen molar-refractivity contribution in [3.63, 3.8) is 0 Å². The van der Waals surface area contributed by atoms with Crippen molar-refractivity contribution in [3.05, 3.63) is 29.8 Å². The van der Waals surface area contributed by atoms with Gasteiger partial charge < -0.3 is 10.1 Å². The van der Waals surface area contributed by atoms with Crippen molar-refractivity contribution in [2.45, 2.75) is 25.2 Å². The van der Waals surface area contributed by atoms with Crippen LogP contribution >= 0.6 is 0 Å². The standard InChI is InChI=1S/C18H25N3O6S/c1-12-8-13(2)10-21(9-12)28(25,26)15-6-4-14(5-7-15)17(23)27-11-16(22)20-18(24)19-3/h4-7,12-13H,8-11H2,1-3H3,(H2,19,20,22,24)/t12-,13+. The molecular formula is C18H25N3O6S. The minimum Gasteiger partial charge on any atom is -0.452 e. The second-order valence-electron chi connectivity index (χ2n) is 7.00. The van der Waals surface area contributed by atoms with E-state index in [9.17, 15) is 22.8 Å². The molecule has 0 radical (unpaired) electrons. The number of nitrogens with one attached hydrogen (secondary N) is 2. The number of carbonyl (C=O) groups is 3. The summed E-state index contributed by atoms with van der Waals surface area (Å²) in [4.78, 5) is 34.5. The molecule has 1 aliphatic heterocycles. The fourth-order valence-corrected chi connectivity index (χ4v) is 4.83. The molecule has 0 spiro atoms. The Kier molecular flexibility index (Phi) is 7.14. The summed E-state index contributed by atoms with van der Waals surface area (Å²) in [7, 11) is -2.30. The van der Waals surface area contributed by atoms with Crippen LogP contribution in [0.25, 0.3) is 0 Å². The average molecular weight is 411 g/mol. The lowest BCUT2D eigenvalue weighted by Gasteiger charge is -2.34. The van der Waals surface area contributed by atoms with Gasteiger partial charge in [-0.3, -0.25) is 10.1 Å². The maximum atomic E-state index is 12.8. The van der Waals surface area contributed by atoms with Crippen LogP contribution in [-0.2, 0) is 19.6 Å². The van der Waals surface area contributed by atoms with Crippen LogP contribution in [0.2, 0.25) is 0 Å². The van der Waals surface area contributed by atoms with E-state index in [-0.39, 0.29) is 22.3 Å². The first-order valence-electron chi connectivity index (χ1n) is 8.92. The Morgan fingerprint density at radius 3 is 2.21 bits per heavy atom. The summed E-state index contributed by atoms with van der Waals surface area (Å²) in [6.07, 6.45) is 0.990. The van der Waals surface area contributed by atoms with Crippen molar-refractivity contribution < 1.29 is 27.5 Å². The zero-order valence-electron chi connectivity index (χ0n) is 16.1. The highest BCUT2D eigenvalue weighted by atomic mass is 32.2. The van der Waals surface area contributed by atoms with Gasteiger partial charge in [-0.1, -0.05) is 13.8 Å². The molecule has 0 aliphatic carbocycles. The summed E-state index contributed by atoms with van der Waals surface area (Å²) in [5.74, 6) is -1.00. The van der Waals surface area contributed by atoms with Crippen LogP contribution < -0.4 is 10.6 Å². The van der Waals surface area contributed by atoms with E-state index in [1.807, 2.05) is 19.2 Å². The molecule has 28 heavy (non-hydrogen) atoms. The van der Waals surface area contributed by atoms with Gasteiger partial charge in [0.15, 0.2) is 6.61 Å². The number of carbonyl (C=O) groups excluding carboxylic acids is 3. The number of piperidine rings is 1. The molecule has 9 nitrogen and oxygen atoms in total. The van der Waals surface area contributed by atoms with Crippen LogP contribution in [0.4, 0.5) is 4.79 Å². The van der Waals surface area contributed by atoms with Crippen LogP contribution in [0.1, 0.15) is 30.6 Å². The summed E-state index contributed by atoms with van der Waals surface area (Å²) in [5, 5.41) is 4.15. The number of esters is 1. The summed E-state index contributed by atoms with van der Waals surface area (Å²) in [6.45, 7) is 4.36. The second-order valence-corrected chi connectivity index (χ2v) is 8.93. The van der Waals surface area contributed by atoms with Gasteiger partial charge in [0.2, 0.25) is 10.0 Å². The molecule has 1 aromatic carbocycles. The Hall–Kier alpha value is -2.46. The van der Waals surface area contributed by atoms with E-state index in [1.54, 1.807) is 0 Å². The minimum atomic E-state index is -3.64. The number of urea groups is 1. The van der Waals surface area contributed by atoms with Gasteiger partial charge in [0.25, 0.3) is 5.91 Å². The summed E-state index contributed by atoms with van der Waals surface area (Å²) in [6, 6.07) is 4.66. The number of ether oxygens (including phenoxy) is 1. The predicted molar refractivity (Wildman–Crippen MR) is 101 cm³/mol. The Labute approximate surface area is 164 Å². The van der Waals surface area contributed by atoms with Crippen LogP contribution in [-0.4, -0.2) is 57.4 Å². The Morgan fingerprint density at radius 1 is 1.11 bits per heavy atom. The van der Waals surface area contributed by atoms with Crippen LogP contribution in [0.3, 0.4) is 0 Å². The number of hydrogen-bond donors (Lipinski definition) is 2. The van der Waals surface area contributed by atoms with E-state index in [4.69, 9.17) is 4.74 Å². The third kappa shape index (κ3) is 5.52. The fraction of sp³-hybridized carbons (Fsp3) is 0.500. The molecule has 1 saturated heterocycles. The minimum absolute atomic E-state index is 0.0997. The number of hydrogen-bond acceptors (Lipinski definition) is 6. The molecule has 154 valence electrons. The van der Waals surface area contributed by atoms with Crippen molar-refractivity contribution >= 4 is 27.9 Å². The Bertz CT molecular complexity index is 827. The second kappa shape index (κ2) is 9.16. The van der Waals surface area contributed by atoms with Crippen molar-refractivity contribution in [2.24, 2.45) is 11.8 Å². The first kappa shape index (κ1) is 21.8. The lowest BCUT2D eigenvalue weighted by Crippen LogP contribution is -2.42. The average Bonchev–Trinajstić information content (AvgIpc) is 2.65. The predicted octanol–water partition coefficient (Wildman–Crippen LogP) is 0.966. The molecule has 1 aromatic rings. The number of amides is 3. The monoisotopic (exact) mass is 411 g/mol. The summed E-state index contributed by atoms with van der Waals surface area (Å²) in [5.41, 5.74) is 0.104. The molecule has 0 unspecified atom stereocenters. The van der Waals surface area contributed by atoms with Crippen LogP contribution in [0.15, 0.2) is 29.2 Å². The number of nitrogens with zero attached hydrogens (tertiary/aromatic N) is 1. The largest absolute Gasteiger partial charge is 0.452 e. The van der Waals surface area contributed by atoms with Crippen LogP contribution in [0.5, 0.6) is 0 Å². The van der Waals surface area contributed by atoms with E-state index in [2.05, 4.69) is 5.32 Å². The maximum Gasteiger partial charge on any atom is 0.338 e. The SMILES string of the molecule is CNC(=O)NC(=O)COC(=O)c1ccc(S(=O)(=O)N2C[C@H](C)C[C@H](C)C2)cc1. The Balaban J connectivity index is 2.01. The van der Waals surface area contributed by atoms with Gasteiger partial charge in [-0.25, -0.2) is 18.0 Å². The van der Waals surface area contributed by atoms with Crippen molar-refractivity contribution in [1.29, 1.82) is 0 Å². The van der Waals surface area contributed by atoms with Gasteiger partial charge >= 0.3 is 12.0 Å². The van der Waals surface area contributed by atoms with E-state index < -0.39 is 34.5 Å². The maximum absolute atomic E-state index is 12.8. The first-order valence-corrected chi connectivity index (χ1v) is 10.4. The van der Waals surface area contributed by atoms with Crippen molar-refractivity contribution in [1.82, 2.24) is 14.9 Å². The lowest BCUT2D eigenvalue weighted by atomic mass is 9.94. The Morgan fingerprint density at radius 2 is 1.68 bits per heavy atom. The van der Waals surface area contributed by atoms with Crippen molar-refractivity contribution in [3.8, 4) is 0 Å². The van der Waals surface area contributed by atoms with E-state index in [0.717, 1.165) is 6.42 Å². The molecule has 2 N–H and O–H groups in total. The zero-order chi connectivity index (χ0) is 20.9. The quantitative estimate of drug-likeness (QED) is 0.696. The topological polar surface area (TPSA) is 122 Å². The third-order valence-electron chi connectivity index (χ3n) is 4.38. The third-order valence-corrected chi connectivity index (χ3v) is 6.22. The fourth-order valence-electron chi connectivity index (χ4n) is 3.15. The zero-order valence-corrected chi connectivity index (χ0v) is 16.9. The highest BCUT2D eigenvalue weighted by Crippen LogP contribution is 2.26. The molecule has 10 heteroatoms. The normalized spacial score (nSPS) is 20.2. The lowest BCUT2D eigenvalue weighted by molar-refractivity contribution is -0.123. The molecular weight excluding hydrogens is 386 g/mol. The van der Waals surface area contributed by atoms with Crippen molar-refractivity contribution in [2.75, 3.05) is 26.7 Å². The van der Waals surface area contributed by atoms with Crippen LogP contribution in [0, 0.1) is 11.8 Å². The molecule has 1 aliphatic rings. The van der Waals surface area contributed by atoms with E-state index >= 15 is 0 Å². The number of imide groups is 1. The number of benzene rings is 1. The molecule has 2 atom stereocenters. The molecule has 0 saturated carbocycles. The number of sulfonamides is 1. The molecule has 1 heterocycles. The van der Waals surface area contributed by atoms with Gasteiger partial charge in [-0.2, -0.15) is 4.31 Å². The van der Waals surface area contributed by atoms with E-state index in [0.29, 0.717) is 13.1 Å². The highest BCUT2D eigenvalue weighted by Gasteiger charge is 2.31. The summed E-state index contributed by atoms with van der Waals surface area (Å²) < 4.78 is 31.9. The van der Waals surface area contributed by atoms with E-state index in [1.165, 1.54) is 35.6 Å². The molecule has 0 aromatic heterocycles. The summed E-state index contributed by atoms with van der Waals surface area (Å²) >= 11 is 0. The highest BCUT2D eigenvalue weighted by molar-refractivity contribution is 7.89.